The van der Waals surface area contributed by atoms with Crippen LogP contribution in [0.25, 0.3) is 0 Å². The predicted octanol–water partition coefficient (Wildman–Crippen LogP) is 0.232. The van der Waals surface area contributed by atoms with E-state index in [-0.39, 0.29) is 12.5 Å². The number of amides is 1. The van der Waals surface area contributed by atoms with E-state index in [1.165, 1.54) is 0 Å². The molecule has 1 unspecified atom stereocenters. The van der Waals surface area contributed by atoms with Crippen LogP contribution < -0.4 is 5.32 Å². The van der Waals surface area contributed by atoms with Crippen molar-refractivity contribution in [2.75, 3.05) is 39.9 Å². The molecule has 0 fully saturated rings. The fourth-order valence-corrected chi connectivity index (χ4v) is 1.18. The van der Waals surface area contributed by atoms with Crippen LogP contribution in [0.2, 0.25) is 0 Å². The van der Waals surface area contributed by atoms with Crippen LogP contribution in [0.5, 0.6) is 0 Å². The Labute approximate surface area is 104 Å². The molecule has 0 spiro atoms. The molecule has 0 aliphatic heterocycles. The Morgan fingerprint density at radius 1 is 1.47 bits per heavy atom. The molecule has 0 rings (SSSR count). The molecule has 0 aromatic heterocycles. The Hall–Kier alpha value is -0.650. The van der Waals surface area contributed by atoms with Gasteiger partial charge in [-0.2, -0.15) is 0 Å². The van der Waals surface area contributed by atoms with Crippen molar-refractivity contribution in [2.45, 2.75) is 32.8 Å². The van der Waals surface area contributed by atoms with E-state index >= 15 is 0 Å². The van der Waals surface area contributed by atoms with Crippen LogP contribution in [0.15, 0.2) is 0 Å². The number of unbranched alkanes of at least 4 members (excludes halogenated alkanes) is 1. The van der Waals surface area contributed by atoms with E-state index in [2.05, 4.69) is 12.2 Å². The second-order valence-corrected chi connectivity index (χ2v) is 4.12. The lowest BCUT2D eigenvalue weighted by Gasteiger charge is -2.16. The van der Waals surface area contributed by atoms with E-state index in [4.69, 9.17) is 4.74 Å². The first-order chi connectivity index (χ1) is 8.11. The van der Waals surface area contributed by atoms with Gasteiger partial charge in [0, 0.05) is 26.7 Å². The number of carbonyl (C=O) groups excluding carboxylic acids is 1. The first-order valence-electron chi connectivity index (χ1n) is 6.32. The molecule has 102 valence electrons. The number of hydrogen-bond acceptors (Lipinski definition) is 4. The highest BCUT2D eigenvalue weighted by Gasteiger charge is 2.08. The van der Waals surface area contributed by atoms with Crippen molar-refractivity contribution in [1.82, 2.24) is 10.2 Å². The predicted molar refractivity (Wildman–Crippen MR) is 67.9 cm³/mol. The van der Waals surface area contributed by atoms with Crippen molar-refractivity contribution in [2.24, 2.45) is 0 Å². The Balaban J connectivity index is 3.44. The average molecular weight is 246 g/mol. The van der Waals surface area contributed by atoms with Crippen molar-refractivity contribution >= 4 is 5.91 Å². The molecule has 0 aliphatic rings. The molecule has 17 heavy (non-hydrogen) atoms. The number of rotatable bonds is 10. The van der Waals surface area contributed by atoms with Gasteiger partial charge in [-0.3, -0.25) is 4.79 Å². The monoisotopic (exact) mass is 246 g/mol. The van der Waals surface area contributed by atoms with Gasteiger partial charge in [-0.05, 0) is 13.3 Å². The molecule has 0 aliphatic carbocycles. The first kappa shape index (κ1) is 16.4. The van der Waals surface area contributed by atoms with Crippen LogP contribution in [0, 0.1) is 0 Å². The highest BCUT2D eigenvalue weighted by Crippen LogP contribution is 1.90. The Bertz CT molecular complexity index is 200. The van der Waals surface area contributed by atoms with E-state index in [0.717, 1.165) is 12.8 Å². The summed E-state index contributed by atoms with van der Waals surface area (Å²) in [6.45, 7) is 6.37. The zero-order valence-corrected chi connectivity index (χ0v) is 11.2. The summed E-state index contributed by atoms with van der Waals surface area (Å²) in [5.74, 6) is 0.0339. The zero-order valence-electron chi connectivity index (χ0n) is 11.2. The van der Waals surface area contributed by atoms with Gasteiger partial charge in [0.05, 0.1) is 19.3 Å². The van der Waals surface area contributed by atoms with E-state index in [9.17, 15) is 9.90 Å². The molecule has 1 amide bonds. The molecule has 0 saturated heterocycles. The lowest BCUT2D eigenvalue weighted by atomic mass is 10.3. The number of nitrogens with zero attached hydrogens (tertiary/aromatic N) is 1. The van der Waals surface area contributed by atoms with Gasteiger partial charge in [0.15, 0.2) is 0 Å². The van der Waals surface area contributed by atoms with E-state index in [1.54, 1.807) is 11.9 Å². The zero-order chi connectivity index (χ0) is 13.1. The topological polar surface area (TPSA) is 61.8 Å². The number of aliphatic hydroxyl groups is 1. The largest absolute Gasteiger partial charge is 0.389 e. The van der Waals surface area contributed by atoms with Crippen molar-refractivity contribution in [1.29, 1.82) is 0 Å². The normalized spacial score (nSPS) is 12.5. The molecule has 0 heterocycles. The third-order valence-corrected chi connectivity index (χ3v) is 2.51. The fourth-order valence-electron chi connectivity index (χ4n) is 1.18. The van der Waals surface area contributed by atoms with Gasteiger partial charge >= 0.3 is 0 Å². The summed E-state index contributed by atoms with van der Waals surface area (Å²) in [5.41, 5.74) is 0. The smallest absolute Gasteiger partial charge is 0.236 e. The van der Waals surface area contributed by atoms with Crippen LogP contribution in [0.1, 0.15) is 26.7 Å². The Kier molecular flexibility index (Phi) is 10.1. The highest BCUT2D eigenvalue weighted by atomic mass is 16.5. The van der Waals surface area contributed by atoms with Gasteiger partial charge in [-0.25, -0.2) is 0 Å². The Morgan fingerprint density at radius 3 is 2.76 bits per heavy atom. The standard InChI is InChI=1S/C12H26N2O3/c1-4-6-7-17-10-11(15)8-13-9-12(16)14(3)5-2/h11,13,15H,4-10H2,1-3H3. The summed E-state index contributed by atoms with van der Waals surface area (Å²) in [7, 11) is 1.76. The third kappa shape index (κ3) is 9.09. The summed E-state index contributed by atoms with van der Waals surface area (Å²) in [6, 6.07) is 0. The molecule has 0 radical (unpaired) electrons. The fraction of sp³-hybridized carbons (Fsp3) is 0.917. The second-order valence-electron chi connectivity index (χ2n) is 4.12. The van der Waals surface area contributed by atoms with E-state index in [1.807, 2.05) is 6.92 Å². The minimum atomic E-state index is -0.549. The number of ether oxygens (including phenoxy) is 1. The molecule has 0 aromatic carbocycles. The van der Waals surface area contributed by atoms with Crippen LogP contribution in [0.4, 0.5) is 0 Å². The van der Waals surface area contributed by atoms with Crippen LogP contribution in [-0.2, 0) is 9.53 Å². The number of hydrogen-bond donors (Lipinski definition) is 2. The maximum atomic E-state index is 11.4. The van der Waals surface area contributed by atoms with Gasteiger partial charge in [0.25, 0.3) is 0 Å². The maximum Gasteiger partial charge on any atom is 0.236 e. The highest BCUT2D eigenvalue weighted by molar-refractivity contribution is 5.77. The molecular formula is C12H26N2O3. The van der Waals surface area contributed by atoms with Crippen molar-refractivity contribution < 1.29 is 14.6 Å². The molecule has 0 saturated carbocycles. The SMILES string of the molecule is CCCCOCC(O)CNCC(=O)N(C)CC. The summed E-state index contributed by atoms with van der Waals surface area (Å²) in [4.78, 5) is 13.0. The minimum Gasteiger partial charge on any atom is -0.389 e. The lowest BCUT2D eigenvalue weighted by molar-refractivity contribution is -0.128. The van der Waals surface area contributed by atoms with Gasteiger partial charge in [0.2, 0.25) is 5.91 Å². The van der Waals surface area contributed by atoms with Gasteiger partial charge in [-0.15, -0.1) is 0 Å². The van der Waals surface area contributed by atoms with Crippen LogP contribution in [-0.4, -0.2) is 61.9 Å². The number of carbonyl (C=O) groups is 1. The third-order valence-electron chi connectivity index (χ3n) is 2.51. The molecule has 0 bridgehead atoms. The second kappa shape index (κ2) is 10.5. The number of likely N-dealkylation sites (N-methyl/N-ethyl adjacent to an activating group) is 1. The minimum absolute atomic E-state index is 0.0339. The van der Waals surface area contributed by atoms with Crippen LogP contribution >= 0.6 is 0 Å². The summed E-state index contributed by atoms with van der Waals surface area (Å²) >= 11 is 0. The molecule has 5 heteroatoms. The first-order valence-corrected chi connectivity index (χ1v) is 6.32. The number of nitrogens with one attached hydrogen (secondary N) is 1. The van der Waals surface area contributed by atoms with E-state index < -0.39 is 6.10 Å². The summed E-state index contributed by atoms with van der Waals surface area (Å²) in [6.07, 6.45) is 1.55. The lowest BCUT2D eigenvalue weighted by Crippen LogP contribution is -2.39. The van der Waals surface area contributed by atoms with Gasteiger partial charge in [-0.1, -0.05) is 13.3 Å². The molecule has 0 aromatic rings. The van der Waals surface area contributed by atoms with Crippen molar-refractivity contribution in [3.8, 4) is 0 Å². The number of aliphatic hydroxyl groups excluding tert-OH is 1. The van der Waals surface area contributed by atoms with E-state index in [0.29, 0.717) is 26.3 Å². The molecule has 2 N–H and O–H groups in total. The maximum absolute atomic E-state index is 11.4. The van der Waals surface area contributed by atoms with Crippen molar-refractivity contribution in [3.63, 3.8) is 0 Å². The summed E-state index contributed by atoms with van der Waals surface area (Å²) < 4.78 is 5.28. The Morgan fingerprint density at radius 2 is 2.18 bits per heavy atom. The summed E-state index contributed by atoms with van der Waals surface area (Å²) in [5, 5.41) is 12.5. The van der Waals surface area contributed by atoms with Crippen LogP contribution in [0.3, 0.4) is 0 Å². The molecule has 5 nitrogen and oxygen atoms in total. The quantitative estimate of drug-likeness (QED) is 0.542. The average Bonchev–Trinajstić information content (AvgIpc) is 2.33. The molecular weight excluding hydrogens is 220 g/mol. The van der Waals surface area contributed by atoms with Crippen molar-refractivity contribution in [3.05, 3.63) is 0 Å². The molecule has 1 atom stereocenters. The van der Waals surface area contributed by atoms with Gasteiger partial charge < -0.3 is 20.1 Å². The van der Waals surface area contributed by atoms with Gasteiger partial charge in [0.1, 0.15) is 0 Å².